The molecular formula is C25H28BrFN4O4S2. The number of carboxylic acids is 1. The maximum Gasteiger partial charge on any atom is 0.338 e. The van der Waals surface area contributed by atoms with Crippen LogP contribution in [0, 0.1) is 11.7 Å². The van der Waals surface area contributed by atoms with Crippen molar-refractivity contribution in [3.05, 3.63) is 61.9 Å². The lowest BCUT2D eigenvalue weighted by atomic mass is 9.94. The number of nitrogens with one attached hydrogen (secondary N) is 1. The monoisotopic (exact) mass is 610 g/mol. The number of thioether (sulfide) groups is 1. The first kappa shape index (κ1) is 27.7. The van der Waals surface area contributed by atoms with Gasteiger partial charge in [0.25, 0.3) is 0 Å². The molecule has 1 unspecified atom stereocenters. The molecule has 0 saturated carbocycles. The molecule has 3 heterocycles. The van der Waals surface area contributed by atoms with Gasteiger partial charge in [-0.25, -0.2) is 14.2 Å². The number of benzene rings is 1. The molecular weight excluding hydrogens is 583 g/mol. The van der Waals surface area contributed by atoms with Gasteiger partial charge in [-0.05, 0) is 30.5 Å². The number of hydrogen-bond donors (Lipinski definition) is 2. The zero-order valence-corrected chi connectivity index (χ0v) is 23.7. The minimum atomic E-state index is -0.829. The highest BCUT2D eigenvalue weighted by atomic mass is 79.9. The van der Waals surface area contributed by atoms with Crippen molar-refractivity contribution in [1.82, 2.24) is 15.2 Å². The largest absolute Gasteiger partial charge is 0.481 e. The van der Waals surface area contributed by atoms with Crippen LogP contribution in [0.4, 0.5) is 4.39 Å². The van der Waals surface area contributed by atoms with Gasteiger partial charge in [0.2, 0.25) is 0 Å². The Labute approximate surface area is 231 Å². The van der Waals surface area contributed by atoms with Crippen LogP contribution in [0.15, 0.2) is 50.5 Å². The first-order valence-corrected chi connectivity index (χ1v) is 14.7. The summed E-state index contributed by atoms with van der Waals surface area (Å²) in [7, 11) is 0. The maximum atomic E-state index is 13.9. The molecule has 2 aliphatic heterocycles. The average molecular weight is 612 g/mol. The second kappa shape index (κ2) is 12.5. The van der Waals surface area contributed by atoms with E-state index in [1.165, 1.54) is 23.5 Å². The zero-order chi connectivity index (χ0) is 26.5. The molecule has 2 aliphatic rings. The Kier molecular flexibility index (Phi) is 9.38. The van der Waals surface area contributed by atoms with E-state index in [4.69, 9.17) is 9.73 Å². The van der Waals surface area contributed by atoms with Crippen molar-refractivity contribution in [2.45, 2.75) is 32.4 Å². The molecule has 198 valence electrons. The van der Waals surface area contributed by atoms with Gasteiger partial charge in [-0.15, -0.1) is 11.3 Å². The standard InChI is InChI=1S/C25H28BrFN4O4S2/c1-3-35-25(34)21-18(12-31-7-9-36-13-19(31)14(2)10-20(32)33)29-23(24-28-6-8-37-24)30-22(21)16-5-4-15(27)11-17(16)26/h4-6,8,11,14,19,22H,3,7,9-10,12-13H2,1-2H3,(H,29,30)(H,32,33)/t14?,19-,22-/m0/s1. The van der Waals surface area contributed by atoms with E-state index in [1.54, 1.807) is 30.9 Å². The number of rotatable bonds is 9. The number of aliphatic carboxylic acids is 1. The summed E-state index contributed by atoms with van der Waals surface area (Å²) in [6.07, 6.45) is 1.75. The molecule has 1 aromatic carbocycles. The highest BCUT2D eigenvalue weighted by Crippen LogP contribution is 2.37. The molecule has 8 nitrogen and oxygen atoms in total. The molecule has 2 N–H and O–H groups in total. The number of aromatic nitrogens is 1. The van der Waals surface area contributed by atoms with Crippen LogP contribution >= 0.6 is 39.0 Å². The highest BCUT2D eigenvalue weighted by molar-refractivity contribution is 9.10. The number of hydrogen-bond acceptors (Lipinski definition) is 9. The van der Waals surface area contributed by atoms with E-state index in [9.17, 15) is 19.1 Å². The Morgan fingerprint density at radius 1 is 1.41 bits per heavy atom. The van der Waals surface area contributed by atoms with Gasteiger partial charge in [0.15, 0.2) is 10.8 Å². The number of carboxylic acid groups (broad SMARTS) is 1. The van der Waals surface area contributed by atoms with Gasteiger partial charge in [0.1, 0.15) is 11.9 Å². The van der Waals surface area contributed by atoms with Crippen LogP contribution in [0.1, 0.15) is 36.9 Å². The van der Waals surface area contributed by atoms with Crippen LogP contribution in [0.2, 0.25) is 0 Å². The van der Waals surface area contributed by atoms with Crippen LogP contribution in [-0.4, -0.2) is 70.0 Å². The first-order chi connectivity index (χ1) is 17.8. The van der Waals surface area contributed by atoms with E-state index < -0.39 is 23.8 Å². The summed E-state index contributed by atoms with van der Waals surface area (Å²) in [5.41, 5.74) is 1.60. The van der Waals surface area contributed by atoms with E-state index in [-0.39, 0.29) is 25.0 Å². The Balaban J connectivity index is 1.79. The van der Waals surface area contributed by atoms with Gasteiger partial charge < -0.3 is 15.2 Å². The molecule has 4 rings (SSSR count). The molecule has 0 spiro atoms. The van der Waals surface area contributed by atoms with Gasteiger partial charge >= 0.3 is 11.9 Å². The predicted octanol–water partition coefficient (Wildman–Crippen LogP) is 4.48. The zero-order valence-electron chi connectivity index (χ0n) is 20.4. The summed E-state index contributed by atoms with van der Waals surface area (Å²) in [6, 6.07) is 3.58. The second-order valence-corrected chi connectivity index (χ2v) is 11.7. The third-order valence-corrected chi connectivity index (χ3v) is 8.82. The number of esters is 1. The minimum absolute atomic E-state index is 0.0192. The molecule has 2 aromatic rings. The molecule has 3 atom stereocenters. The summed E-state index contributed by atoms with van der Waals surface area (Å²) >= 11 is 6.67. The van der Waals surface area contributed by atoms with Crippen molar-refractivity contribution in [2.75, 3.05) is 31.2 Å². The minimum Gasteiger partial charge on any atom is -0.481 e. The lowest BCUT2D eigenvalue weighted by molar-refractivity contribution is -0.139. The number of amidine groups is 1. The van der Waals surface area contributed by atoms with E-state index in [1.807, 2.05) is 12.3 Å². The van der Waals surface area contributed by atoms with Crippen molar-refractivity contribution in [3.8, 4) is 0 Å². The van der Waals surface area contributed by atoms with Crippen molar-refractivity contribution in [1.29, 1.82) is 0 Å². The lowest BCUT2D eigenvalue weighted by Crippen LogP contribution is -2.49. The first-order valence-electron chi connectivity index (χ1n) is 11.9. The molecule has 1 saturated heterocycles. The van der Waals surface area contributed by atoms with Gasteiger partial charge in [0, 0.05) is 58.8 Å². The van der Waals surface area contributed by atoms with E-state index in [2.05, 4.69) is 31.1 Å². The summed E-state index contributed by atoms with van der Waals surface area (Å²) in [6.45, 7) is 5.01. The smallest absolute Gasteiger partial charge is 0.338 e. The molecule has 0 bridgehead atoms. The molecule has 1 aromatic heterocycles. The van der Waals surface area contributed by atoms with Crippen LogP contribution in [0.25, 0.3) is 0 Å². The second-order valence-electron chi connectivity index (χ2n) is 8.81. The molecule has 0 aliphatic carbocycles. The number of carbonyl (C=O) groups excluding carboxylic acids is 1. The van der Waals surface area contributed by atoms with Crippen molar-refractivity contribution in [2.24, 2.45) is 10.9 Å². The molecule has 12 heteroatoms. The van der Waals surface area contributed by atoms with E-state index in [0.29, 0.717) is 38.7 Å². The molecule has 1 fully saturated rings. The third kappa shape index (κ3) is 6.60. The van der Waals surface area contributed by atoms with Crippen LogP contribution in [-0.2, 0) is 14.3 Å². The average Bonchev–Trinajstić information content (AvgIpc) is 3.39. The highest BCUT2D eigenvalue weighted by Gasteiger charge is 2.37. The van der Waals surface area contributed by atoms with Crippen LogP contribution in [0.3, 0.4) is 0 Å². The fourth-order valence-electron chi connectivity index (χ4n) is 4.56. The molecule has 37 heavy (non-hydrogen) atoms. The Bertz CT molecular complexity index is 1210. The lowest BCUT2D eigenvalue weighted by Gasteiger charge is -2.40. The van der Waals surface area contributed by atoms with E-state index in [0.717, 1.165) is 18.1 Å². The molecule has 0 radical (unpaired) electrons. The van der Waals surface area contributed by atoms with Crippen molar-refractivity contribution < 1.29 is 23.8 Å². The van der Waals surface area contributed by atoms with Crippen LogP contribution < -0.4 is 5.32 Å². The van der Waals surface area contributed by atoms with Crippen molar-refractivity contribution >= 4 is 56.8 Å². The SMILES string of the molecule is CCOC(=O)C1=C(CN2CCSC[C@H]2C(C)CC(=O)O)NC(c2nccs2)=N[C@H]1c1ccc(F)cc1Br. The number of halogens is 2. The number of aliphatic imine (C=N–C) groups is 1. The van der Waals surface area contributed by atoms with Gasteiger partial charge in [-0.2, -0.15) is 11.8 Å². The maximum absolute atomic E-state index is 13.9. The fraction of sp³-hybridized carbons (Fsp3) is 0.440. The Hall–Kier alpha value is -2.28. The van der Waals surface area contributed by atoms with Gasteiger partial charge in [0.05, 0.1) is 12.2 Å². The van der Waals surface area contributed by atoms with Gasteiger partial charge in [-0.3, -0.25) is 14.7 Å². The Morgan fingerprint density at radius 3 is 2.89 bits per heavy atom. The topological polar surface area (TPSA) is 104 Å². The normalized spacial score (nSPS) is 21.2. The number of nitrogens with zero attached hydrogens (tertiary/aromatic N) is 3. The Morgan fingerprint density at radius 2 is 2.22 bits per heavy atom. The number of carbonyl (C=O) groups is 2. The number of ether oxygens (including phenoxy) is 1. The summed E-state index contributed by atoms with van der Waals surface area (Å²) in [5.74, 6) is 0.404. The summed E-state index contributed by atoms with van der Waals surface area (Å²) < 4.78 is 19.9. The van der Waals surface area contributed by atoms with Crippen LogP contribution in [0.5, 0.6) is 0 Å². The van der Waals surface area contributed by atoms with E-state index >= 15 is 0 Å². The number of thiazole rings is 1. The third-order valence-electron chi connectivity index (χ3n) is 6.31. The van der Waals surface area contributed by atoms with Crippen molar-refractivity contribution in [3.63, 3.8) is 0 Å². The summed E-state index contributed by atoms with van der Waals surface area (Å²) in [5, 5.41) is 15.2. The summed E-state index contributed by atoms with van der Waals surface area (Å²) in [4.78, 5) is 36.3. The fourth-order valence-corrected chi connectivity index (χ4v) is 7.03. The predicted molar refractivity (Wildman–Crippen MR) is 146 cm³/mol. The quantitative estimate of drug-likeness (QED) is 0.401. The van der Waals surface area contributed by atoms with Gasteiger partial charge in [-0.1, -0.05) is 28.9 Å². The molecule has 0 amide bonds.